The molecule has 3 amide bonds. The maximum absolute atomic E-state index is 13.8. The third-order valence-electron chi connectivity index (χ3n) is 21.9. The first-order chi connectivity index (χ1) is 57.9. The summed E-state index contributed by atoms with van der Waals surface area (Å²) >= 11 is 0. The predicted molar refractivity (Wildman–Crippen MR) is 379 cm³/mol. The number of carbonyl (C=O) groups excluding carboxylic acids is 3. The Hall–Kier alpha value is -3.77. The molecule has 9 fully saturated rings. The number of hydrogen-bond donors (Lipinski definition) is 32. The van der Waals surface area contributed by atoms with Crippen molar-refractivity contribution in [2.45, 2.75) is 322 Å². The molecule has 0 aromatic carbocycles. The monoisotopic (exact) mass is 1820 g/mol. The molecule has 0 spiro atoms. The van der Waals surface area contributed by atoms with E-state index in [-0.39, 0.29) is 0 Å². The standard InChI is InChI=1S/C66H114N5O51P/c1-16-33(86)29(68)38(91)60(105-16)115-51-32(71-19(4)82)59(110-27(14-78)49(51)113-57-30(69-17(2)80)39(92)34(87)23(10-74)106-57)117-53-37(90)26(13-77)109-64(56(53)120-58-31(70-18(3)81)40(93)35(88)24(11-75)107-58)116-52-43(96)46(21(84)8-72)111-62(44(52)97)118-54-45(98)63(112-47-20(83)7-66(101,65(99)100)121-48(47)22(85)9-73)114-50(28(15-79)122-123(102,103)104-6-5-67)55(54)119-61-42(95)41(94)36(89)25(12-76)108-61/h16,20-64,72-79,83-98,101H,5-15,67-68H2,1-4H3,(H,69,80)(H,70,81)(H,71,82)(H,99,100)(H,102,103)/t16-,20-,21+,22-,23-,24-,25-,26-,27-,28+,29+,30-,31-,32-,33-,34+,35-,36-,37+,38-,39-,40-,41+,42-,43-,44+,45+,46-,47-,48-,49+,50-,51-,52+,53+,54-,55-,56-,57-,58+,59+,60+,61+,62-,63+,64-,66-/m1/s1. The lowest BCUT2D eigenvalue weighted by Crippen LogP contribution is -2.73. The minimum absolute atomic E-state index is 0.495. The largest absolute Gasteiger partial charge is 0.477 e. The van der Waals surface area contributed by atoms with Gasteiger partial charge in [-0.25, -0.2) is 9.36 Å². The first-order valence-corrected chi connectivity index (χ1v) is 40.2. The summed E-state index contributed by atoms with van der Waals surface area (Å²) in [5, 5.41) is 301. The second kappa shape index (κ2) is 44.4. The number of amides is 3. The number of nitrogens with two attached hydrogens (primary N) is 2. The Labute approximate surface area is 696 Å². The molecule has 9 heterocycles. The number of aliphatic hydroxyl groups is 25. The highest BCUT2D eigenvalue weighted by molar-refractivity contribution is 7.47. The third kappa shape index (κ3) is 23.2. The summed E-state index contributed by atoms with van der Waals surface area (Å²) in [7, 11) is -5.63. The first-order valence-electron chi connectivity index (χ1n) is 38.7. The third-order valence-corrected chi connectivity index (χ3v) is 22.9. The molecular formula is C66H114N5O51P. The number of carbonyl (C=O) groups is 4. The normalized spacial score (nSPS) is 47.0. The smallest absolute Gasteiger partial charge is 0.472 e. The van der Waals surface area contributed by atoms with E-state index in [0.29, 0.717) is 0 Å². The van der Waals surface area contributed by atoms with Gasteiger partial charge in [-0.15, -0.1) is 0 Å². The van der Waals surface area contributed by atoms with Gasteiger partial charge in [-0.05, 0) is 6.92 Å². The van der Waals surface area contributed by atoms with Crippen molar-refractivity contribution in [3.8, 4) is 0 Å². The minimum Gasteiger partial charge on any atom is -0.477 e. The maximum atomic E-state index is 13.8. The summed E-state index contributed by atoms with van der Waals surface area (Å²) in [6, 6.07) is -7.64. The highest BCUT2D eigenvalue weighted by Crippen LogP contribution is 2.48. The van der Waals surface area contributed by atoms with Crippen LogP contribution in [0.25, 0.3) is 0 Å². The van der Waals surface area contributed by atoms with Gasteiger partial charge in [0, 0.05) is 33.7 Å². The highest BCUT2D eigenvalue weighted by Gasteiger charge is 2.64. The molecule has 0 radical (unpaired) electrons. The van der Waals surface area contributed by atoms with E-state index in [4.69, 9.17) is 101 Å². The number of carboxylic acids is 1. The minimum atomic E-state index is -5.63. The molecule has 714 valence electrons. The van der Waals surface area contributed by atoms with Gasteiger partial charge in [0.05, 0.1) is 83.8 Å². The van der Waals surface area contributed by atoms with E-state index < -0.39 is 392 Å². The fraction of sp³-hybridized carbons (Fsp3) is 0.939. The fourth-order valence-corrected chi connectivity index (χ4v) is 16.4. The van der Waals surface area contributed by atoms with Crippen LogP contribution in [-0.2, 0) is 113 Å². The predicted octanol–water partition coefficient (Wildman–Crippen LogP) is -20.5. The Kier molecular flexibility index (Phi) is 37.2. The molecule has 0 aliphatic carbocycles. The van der Waals surface area contributed by atoms with Gasteiger partial charge in [0.15, 0.2) is 50.3 Å². The molecular weight excluding hydrogens is 1710 g/mol. The van der Waals surface area contributed by atoms with Crippen LogP contribution < -0.4 is 27.4 Å². The van der Waals surface area contributed by atoms with Crippen LogP contribution in [0.4, 0.5) is 0 Å². The van der Waals surface area contributed by atoms with Gasteiger partial charge in [0.25, 0.3) is 5.79 Å². The zero-order valence-corrected chi connectivity index (χ0v) is 66.7. The fourth-order valence-electron chi connectivity index (χ4n) is 15.5. The lowest BCUT2D eigenvalue weighted by molar-refractivity contribution is -0.416. The Bertz CT molecular complexity index is 3390. The van der Waals surface area contributed by atoms with E-state index in [0.717, 1.165) is 20.8 Å². The van der Waals surface area contributed by atoms with Crippen LogP contribution in [0.5, 0.6) is 0 Å². The van der Waals surface area contributed by atoms with Crippen LogP contribution in [-0.4, -0.2) is 515 Å². The van der Waals surface area contributed by atoms with Crippen LogP contribution in [0.15, 0.2) is 0 Å². The van der Waals surface area contributed by atoms with Crippen molar-refractivity contribution < 1.29 is 251 Å². The molecule has 57 heteroatoms. The first kappa shape index (κ1) is 103. The van der Waals surface area contributed by atoms with Crippen molar-refractivity contribution in [1.29, 1.82) is 0 Å². The van der Waals surface area contributed by atoms with Crippen molar-refractivity contribution in [3.05, 3.63) is 0 Å². The zero-order chi connectivity index (χ0) is 91.2. The van der Waals surface area contributed by atoms with Crippen LogP contribution in [0.1, 0.15) is 34.1 Å². The molecule has 0 aromatic heterocycles. The van der Waals surface area contributed by atoms with Crippen molar-refractivity contribution in [1.82, 2.24) is 16.0 Å². The van der Waals surface area contributed by atoms with Gasteiger partial charge in [-0.3, -0.25) is 23.4 Å². The Morgan fingerprint density at radius 1 is 0.423 bits per heavy atom. The second-order valence-electron chi connectivity index (χ2n) is 30.6. The average Bonchev–Trinajstić information content (AvgIpc) is 0.755. The van der Waals surface area contributed by atoms with Gasteiger partial charge in [-0.2, -0.15) is 0 Å². The second-order valence-corrected chi connectivity index (χ2v) is 32.0. The summed E-state index contributed by atoms with van der Waals surface area (Å²) in [6.45, 7) is -7.85. The molecule has 9 aliphatic rings. The molecule has 0 saturated carbocycles. The molecule has 9 saturated heterocycles. The van der Waals surface area contributed by atoms with Crippen molar-refractivity contribution in [2.75, 3.05) is 66.0 Å². The number of aliphatic hydroxyl groups excluding tert-OH is 24. The van der Waals surface area contributed by atoms with Crippen LogP contribution in [0.2, 0.25) is 0 Å². The average molecular weight is 1820 g/mol. The van der Waals surface area contributed by atoms with E-state index in [1.165, 1.54) is 6.92 Å². The van der Waals surface area contributed by atoms with E-state index in [2.05, 4.69) is 16.0 Å². The topological polar surface area (TPSA) is 895 Å². The number of ether oxygens (including phenoxy) is 17. The molecule has 123 heavy (non-hydrogen) atoms. The highest BCUT2D eigenvalue weighted by atomic mass is 31.2. The van der Waals surface area contributed by atoms with Gasteiger partial charge >= 0.3 is 13.8 Å². The summed E-state index contributed by atoms with van der Waals surface area (Å²) in [6.07, 6.45) is -99.8. The van der Waals surface area contributed by atoms with Gasteiger partial charge in [0.2, 0.25) is 17.7 Å². The van der Waals surface area contributed by atoms with E-state index >= 15 is 0 Å². The molecule has 1 unspecified atom stereocenters. The molecule has 0 bridgehead atoms. The van der Waals surface area contributed by atoms with E-state index in [1.807, 2.05) is 0 Å². The van der Waals surface area contributed by atoms with Gasteiger partial charge < -0.3 is 246 Å². The van der Waals surface area contributed by atoms with Crippen LogP contribution >= 0.6 is 7.82 Å². The lowest BCUT2D eigenvalue weighted by Gasteiger charge is -2.53. The van der Waals surface area contributed by atoms with Crippen molar-refractivity contribution in [3.63, 3.8) is 0 Å². The quantitative estimate of drug-likeness (QED) is 0.0259. The Morgan fingerprint density at radius 3 is 1.33 bits per heavy atom. The summed E-state index contributed by atoms with van der Waals surface area (Å²) in [5.74, 6) is -8.58. The number of carboxylic acid groups (broad SMARTS) is 1. The molecule has 0 aromatic rings. The van der Waals surface area contributed by atoms with Crippen molar-refractivity contribution >= 4 is 31.5 Å². The number of phosphoric ester groups is 1. The van der Waals surface area contributed by atoms with Crippen LogP contribution in [0, 0.1) is 0 Å². The summed E-state index contributed by atoms with van der Waals surface area (Å²) < 4.78 is 128. The van der Waals surface area contributed by atoms with Gasteiger partial charge in [0.1, 0.15) is 207 Å². The summed E-state index contributed by atoms with van der Waals surface area (Å²) in [5.41, 5.74) is 11.7. The number of phosphoric acid groups is 1. The number of aliphatic carboxylic acids is 1. The summed E-state index contributed by atoms with van der Waals surface area (Å²) in [4.78, 5) is 63.0. The maximum Gasteiger partial charge on any atom is 0.472 e. The SMILES string of the molecule is CC(=O)N[C@H]1[C@@H](O[C@@H]2[C@H](O[C@@H]3O[C@H](C)[C@@H](O)[C@H](N)[C@H]3O)[C@@H](NC(C)=O)[C@H](O[C@H]3[C@@H](O)[C@@H](CO)O[C@H](O[C@@H]4[C@H](O)[C@@H](O[C@@H]5[C@H](O)[C@@H](O[C@H]6[C@@H]([C@H](O)CO)O[C@@](O)(C(=O)O)C[C@H]6O)O[C@H]([C@H](CO)OP(=O)(O)OCCN)[C@H]5O[C@@H]5O[C@H](CO)[C@@H](O)[C@H](O)[C@H]5O)O[C@H]([C@@H](O)CO)[C@H]4O)[C@@H]3O[C@@H]3O[C@H](CO)[C@@H](O)[C@H](O)[C@H]3NC(C)=O)O[C@@H]2CO)O[C@H](CO)[C@H](O)[C@@H]1O. The number of rotatable bonds is 36. The van der Waals surface area contributed by atoms with E-state index in [9.17, 15) is 161 Å². The van der Waals surface area contributed by atoms with Crippen molar-refractivity contribution in [2.24, 2.45) is 11.5 Å². The molecule has 9 rings (SSSR count). The van der Waals surface area contributed by atoms with Crippen LogP contribution in [0.3, 0.4) is 0 Å². The Balaban J connectivity index is 1.20. The molecule has 34 N–H and O–H groups in total. The van der Waals surface area contributed by atoms with Gasteiger partial charge in [-0.1, -0.05) is 0 Å². The van der Waals surface area contributed by atoms with E-state index in [1.54, 1.807) is 0 Å². The molecule has 56 nitrogen and oxygen atoms in total. The zero-order valence-electron chi connectivity index (χ0n) is 65.8. The Morgan fingerprint density at radius 2 is 0.821 bits per heavy atom. The number of nitrogens with one attached hydrogen (secondary N) is 3. The molecule has 48 atom stereocenters. The molecule has 9 aliphatic heterocycles. The lowest BCUT2D eigenvalue weighted by atomic mass is 9.91. The number of hydrogen-bond acceptors (Lipinski definition) is 51.